The van der Waals surface area contributed by atoms with Crippen molar-refractivity contribution in [2.45, 2.75) is 143 Å². The van der Waals surface area contributed by atoms with Crippen LogP contribution in [0, 0.1) is 6.92 Å². The second kappa shape index (κ2) is 15.4. The second-order valence-corrected chi connectivity index (χ2v) is 12.0. The van der Waals surface area contributed by atoms with E-state index in [4.69, 9.17) is 0 Å². The van der Waals surface area contributed by atoms with E-state index in [2.05, 4.69) is 65.8 Å². The zero-order valence-electron chi connectivity index (χ0n) is 23.9. The highest BCUT2D eigenvalue weighted by Gasteiger charge is 2.20. The van der Waals surface area contributed by atoms with Crippen molar-refractivity contribution < 1.29 is 5.11 Å². The lowest BCUT2D eigenvalue weighted by molar-refractivity contribution is 0.475. The van der Waals surface area contributed by atoms with E-state index in [-0.39, 0.29) is 5.41 Å². The maximum Gasteiger partial charge on any atom is 0.115 e. The third kappa shape index (κ3) is 10.8. The van der Waals surface area contributed by atoms with E-state index in [1.165, 1.54) is 111 Å². The fourth-order valence-corrected chi connectivity index (χ4v) is 5.22. The summed E-state index contributed by atoms with van der Waals surface area (Å²) >= 11 is 0. The molecule has 0 aliphatic carbocycles. The molecule has 0 aromatic heterocycles. The summed E-state index contributed by atoms with van der Waals surface area (Å²) in [6.07, 6.45) is 19.1. The smallest absolute Gasteiger partial charge is 0.115 e. The zero-order chi connectivity index (χ0) is 25.7. The van der Waals surface area contributed by atoms with Gasteiger partial charge in [0.2, 0.25) is 0 Å². The molecule has 1 nitrogen and oxygen atoms in total. The molecule has 35 heavy (non-hydrogen) atoms. The molecule has 1 unspecified atom stereocenters. The van der Waals surface area contributed by atoms with E-state index in [0.29, 0.717) is 11.7 Å². The molecule has 0 aliphatic heterocycles. The Labute approximate surface area is 217 Å². The number of hydrogen-bond donors (Lipinski definition) is 1. The topological polar surface area (TPSA) is 20.2 Å². The van der Waals surface area contributed by atoms with E-state index in [1.54, 1.807) is 0 Å². The molecule has 0 fully saturated rings. The van der Waals surface area contributed by atoms with Gasteiger partial charge in [-0.05, 0) is 71.0 Å². The summed E-state index contributed by atoms with van der Waals surface area (Å²) < 4.78 is 0. The summed E-state index contributed by atoms with van der Waals surface area (Å²) in [6, 6.07) is 12.6. The summed E-state index contributed by atoms with van der Waals surface area (Å²) in [5.74, 6) is 0.917. The fraction of sp³-hybridized carbons (Fsp3) is 0.647. The van der Waals surface area contributed by atoms with E-state index >= 15 is 0 Å². The Morgan fingerprint density at radius 2 is 1.26 bits per heavy atom. The molecule has 0 saturated heterocycles. The summed E-state index contributed by atoms with van der Waals surface area (Å²) in [6.45, 7) is 14.0. The molecule has 0 heterocycles. The molecule has 0 bridgehead atoms. The molecule has 196 valence electrons. The maximum absolute atomic E-state index is 9.69. The van der Waals surface area contributed by atoms with Crippen molar-refractivity contribution in [2.75, 3.05) is 0 Å². The first-order chi connectivity index (χ1) is 16.7. The van der Waals surface area contributed by atoms with Gasteiger partial charge in [0.25, 0.3) is 0 Å². The molecule has 0 saturated carbocycles. The van der Waals surface area contributed by atoms with Gasteiger partial charge in [-0.15, -0.1) is 0 Å². The minimum Gasteiger partial charge on any atom is -0.508 e. The molecule has 2 rings (SSSR count). The highest BCUT2D eigenvalue weighted by Crippen LogP contribution is 2.34. The Kier molecular flexibility index (Phi) is 12.9. The van der Waals surface area contributed by atoms with Crippen LogP contribution in [0.5, 0.6) is 5.75 Å². The molecule has 0 radical (unpaired) electrons. The van der Waals surface area contributed by atoms with Gasteiger partial charge in [-0.2, -0.15) is 0 Å². The van der Waals surface area contributed by atoms with Crippen molar-refractivity contribution >= 4 is 0 Å². The Hall–Kier alpha value is -1.76. The average molecular weight is 479 g/mol. The summed E-state index contributed by atoms with van der Waals surface area (Å²) in [4.78, 5) is 0. The van der Waals surface area contributed by atoms with Crippen LogP contribution in [-0.4, -0.2) is 5.11 Å². The molecule has 2 aromatic carbocycles. The summed E-state index contributed by atoms with van der Waals surface area (Å²) in [7, 11) is 0. The number of aromatic hydroxyl groups is 1. The van der Waals surface area contributed by atoms with Crippen molar-refractivity contribution in [3.05, 3.63) is 64.2 Å². The minimum atomic E-state index is 0.159. The van der Waals surface area contributed by atoms with Crippen molar-refractivity contribution in [3.63, 3.8) is 0 Å². The molecule has 1 atom stereocenters. The van der Waals surface area contributed by atoms with Gasteiger partial charge in [-0.3, -0.25) is 0 Å². The lowest BCUT2D eigenvalue weighted by atomic mass is 9.79. The van der Waals surface area contributed by atoms with Crippen LogP contribution in [0.15, 0.2) is 36.4 Å². The Bertz CT molecular complexity index is 840. The highest BCUT2D eigenvalue weighted by atomic mass is 16.3. The molecular formula is C34H54O. The number of benzene rings is 2. The van der Waals surface area contributed by atoms with Crippen molar-refractivity contribution in [1.82, 2.24) is 0 Å². The Morgan fingerprint density at radius 3 is 1.77 bits per heavy atom. The average Bonchev–Trinajstić information content (AvgIpc) is 2.81. The van der Waals surface area contributed by atoms with Gasteiger partial charge in [0.05, 0.1) is 0 Å². The highest BCUT2D eigenvalue weighted by molar-refractivity contribution is 5.45. The number of phenols is 1. The van der Waals surface area contributed by atoms with Gasteiger partial charge in [0.15, 0.2) is 0 Å². The first kappa shape index (κ1) is 29.5. The predicted octanol–water partition coefficient (Wildman–Crippen LogP) is 10.8. The second-order valence-electron chi connectivity index (χ2n) is 12.0. The molecule has 0 spiro atoms. The van der Waals surface area contributed by atoms with Gasteiger partial charge < -0.3 is 5.11 Å². The normalized spacial score (nSPS) is 12.7. The van der Waals surface area contributed by atoms with Crippen LogP contribution in [0.1, 0.15) is 152 Å². The number of hydrogen-bond acceptors (Lipinski definition) is 1. The van der Waals surface area contributed by atoms with E-state index < -0.39 is 0 Å². The quantitative estimate of drug-likeness (QED) is 0.238. The number of rotatable bonds is 16. The third-order valence-electron chi connectivity index (χ3n) is 7.71. The van der Waals surface area contributed by atoms with Crippen molar-refractivity contribution in [1.29, 1.82) is 0 Å². The fourth-order valence-electron chi connectivity index (χ4n) is 5.22. The van der Waals surface area contributed by atoms with Crippen molar-refractivity contribution in [2.24, 2.45) is 0 Å². The van der Waals surface area contributed by atoms with E-state index in [9.17, 15) is 5.11 Å². The molecule has 0 aliphatic rings. The molecule has 0 amide bonds. The number of aryl methyl sites for hydroxylation is 1. The van der Waals surface area contributed by atoms with E-state index in [0.717, 1.165) is 6.42 Å². The van der Waals surface area contributed by atoms with Crippen molar-refractivity contribution in [3.8, 4) is 5.75 Å². The first-order valence-electron chi connectivity index (χ1n) is 14.6. The van der Waals surface area contributed by atoms with Crippen LogP contribution in [-0.2, 0) is 11.8 Å². The monoisotopic (exact) mass is 478 g/mol. The first-order valence-corrected chi connectivity index (χ1v) is 14.6. The van der Waals surface area contributed by atoms with Crippen LogP contribution in [0.4, 0.5) is 0 Å². The van der Waals surface area contributed by atoms with Gasteiger partial charge in [0, 0.05) is 0 Å². The standard InChI is InChI=1S/C34H54O/c1-7-8-9-10-11-12-13-14-15-16-17-18-19-27(2)33-26-30(34(4,5)6)24-28(3)32(33)25-29-20-22-31(35)23-21-29/h20-24,26-27,35H,7-19,25H2,1-6H3. The maximum atomic E-state index is 9.69. The van der Waals surface area contributed by atoms with Crippen LogP contribution in [0.25, 0.3) is 0 Å². The third-order valence-corrected chi connectivity index (χ3v) is 7.71. The van der Waals surface area contributed by atoms with Crippen LogP contribution < -0.4 is 0 Å². The molecule has 1 heteroatoms. The minimum absolute atomic E-state index is 0.159. The van der Waals surface area contributed by atoms with Gasteiger partial charge in [-0.25, -0.2) is 0 Å². The lowest BCUT2D eigenvalue weighted by Crippen LogP contribution is -2.14. The lowest BCUT2D eigenvalue weighted by Gasteiger charge is -2.26. The largest absolute Gasteiger partial charge is 0.508 e. The van der Waals surface area contributed by atoms with E-state index in [1.807, 2.05) is 12.1 Å². The molecular weight excluding hydrogens is 424 g/mol. The number of phenolic OH excluding ortho intramolecular Hbond substituents is 1. The Balaban J connectivity index is 1.88. The van der Waals surface area contributed by atoms with Gasteiger partial charge in [0.1, 0.15) is 5.75 Å². The van der Waals surface area contributed by atoms with Crippen LogP contribution in [0.3, 0.4) is 0 Å². The van der Waals surface area contributed by atoms with Crippen LogP contribution in [0.2, 0.25) is 0 Å². The summed E-state index contributed by atoms with van der Waals surface area (Å²) in [5, 5.41) is 9.69. The van der Waals surface area contributed by atoms with Gasteiger partial charge >= 0.3 is 0 Å². The number of unbranched alkanes of at least 4 members (excludes halogenated alkanes) is 11. The SMILES string of the molecule is CCCCCCCCCCCCCCC(C)c1cc(C(C)(C)C)cc(C)c1Cc1ccc(O)cc1. The van der Waals surface area contributed by atoms with Gasteiger partial charge in [-0.1, -0.05) is 136 Å². The molecule has 1 N–H and O–H groups in total. The van der Waals surface area contributed by atoms with Crippen LogP contribution >= 0.6 is 0 Å². The predicted molar refractivity (Wildman–Crippen MR) is 155 cm³/mol. The Morgan fingerprint density at radius 1 is 0.743 bits per heavy atom. The zero-order valence-corrected chi connectivity index (χ0v) is 23.9. The summed E-state index contributed by atoms with van der Waals surface area (Å²) in [5.41, 5.74) is 7.30. The molecule has 2 aromatic rings.